The Hall–Kier alpha value is -2.08. The highest BCUT2D eigenvalue weighted by Gasteiger charge is 2.24. The SMILES string of the molecule is COc1c(C)ccc(NC(=O)C2CNC(=O)CN2)c1C. The fraction of sp³-hybridized carbons (Fsp3) is 0.429. The van der Waals surface area contributed by atoms with Crippen LogP contribution in [0, 0.1) is 13.8 Å². The Balaban J connectivity index is 2.10. The van der Waals surface area contributed by atoms with E-state index in [1.54, 1.807) is 7.11 Å². The van der Waals surface area contributed by atoms with Gasteiger partial charge in [0.25, 0.3) is 0 Å². The molecule has 0 radical (unpaired) electrons. The Labute approximate surface area is 117 Å². The van der Waals surface area contributed by atoms with Gasteiger partial charge >= 0.3 is 0 Å². The number of carbonyl (C=O) groups excluding carboxylic acids is 2. The van der Waals surface area contributed by atoms with E-state index in [1.807, 2.05) is 26.0 Å². The number of benzene rings is 1. The van der Waals surface area contributed by atoms with Crippen LogP contribution in [-0.2, 0) is 9.59 Å². The van der Waals surface area contributed by atoms with Crippen molar-refractivity contribution in [1.82, 2.24) is 10.6 Å². The third-order valence-electron chi connectivity index (χ3n) is 3.39. The number of nitrogens with one attached hydrogen (secondary N) is 3. The van der Waals surface area contributed by atoms with Gasteiger partial charge in [0.05, 0.1) is 13.7 Å². The monoisotopic (exact) mass is 277 g/mol. The summed E-state index contributed by atoms with van der Waals surface area (Å²) in [5.74, 6) is 0.508. The van der Waals surface area contributed by atoms with Crippen molar-refractivity contribution < 1.29 is 14.3 Å². The lowest BCUT2D eigenvalue weighted by molar-refractivity contribution is -0.124. The van der Waals surface area contributed by atoms with Crippen LogP contribution in [0.5, 0.6) is 5.75 Å². The van der Waals surface area contributed by atoms with Crippen molar-refractivity contribution in [3.63, 3.8) is 0 Å². The molecule has 20 heavy (non-hydrogen) atoms. The third-order valence-corrected chi connectivity index (χ3v) is 3.39. The molecule has 1 atom stereocenters. The maximum absolute atomic E-state index is 12.1. The van der Waals surface area contributed by atoms with E-state index in [2.05, 4.69) is 16.0 Å². The van der Waals surface area contributed by atoms with Crippen molar-refractivity contribution in [2.75, 3.05) is 25.5 Å². The standard InChI is InChI=1S/C14H19N3O3/c1-8-4-5-10(9(2)13(8)20-3)17-14(19)11-6-16-12(18)7-15-11/h4-5,11,15H,6-7H2,1-3H3,(H,16,18)(H,17,19). The molecule has 1 aliphatic rings. The number of hydrogen-bond donors (Lipinski definition) is 3. The van der Waals surface area contributed by atoms with E-state index in [0.29, 0.717) is 6.54 Å². The number of rotatable bonds is 3. The summed E-state index contributed by atoms with van der Waals surface area (Å²) in [6.45, 7) is 4.31. The van der Waals surface area contributed by atoms with Gasteiger partial charge in [-0.05, 0) is 25.5 Å². The maximum Gasteiger partial charge on any atom is 0.243 e. The van der Waals surface area contributed by atoms with Crippen molar-refractivity contribution in [3.8, 4) is 5.75 Å². The molecular weight excluding hydrogens is 258 g/mol. The average Bonchev–Trinajstić information content (AvgIpc) is 2.43. The molecule has 1 aromatic rings. The van der Waals surface area contributed by atoms with Gasteiger partial charge in [0.15, 0.2) is 0 Å². The maximum atomic E-state index is 12.1. The lowest BCUT2D eigenvalue weighted by Gasteiger charge is -2.24. The second-order valence-electron chi connectivity index (χ2n) is 4.82. The number of aryl methyl sites for hydroxylation is 1. The van der Waals surface area contributed by atoms with Crippen LogP contribution >= 0.6 is 0 Å². The summed E-state index contributed by atoms with van der Waals surface area (Å²) in [6.07, 6.45) is 0. The van der Waals surface area contributed by atoms with E-state index in [4.69, 9.17) is 4.74 Å². The molecule has 6 heteroatoms. The summed E-state index contributed by atoms with van der Waals surface area (Å²) in [4.78, 5) is 23.2. The van der Waals surface area contributed by atoms with Crippen LogP contribution in [0.15, 0.2) is 12.1 Å². The van der Waals surface area contributed by atoms with E-state index in [9.17, 15) is 9.59 Å². The first-order valence-corrected chi connectivity index (χ1v) is 6.48. The minimum atomic E-state index is -0.417. The predicted octanol–water partition coefficient (Wildman–Crippen LogP) is 0.339. The van der Waals surface area contributed by atoms with Crippen molar-refractivity contribution >= 4 is 17.5 Å². The smallest absolute Gasteiger partial charge is 0.243 e. The Morgan fingerprint density at radius 1 is 1.40 bits per heavy atom. The Morgan fingerprint density at radius 2 is 2.15 bits per heavy atom. The number of piperazine rings is 1. The molecule has 3 N–H and O–H groups in total. The van der Waals surface area contributed by atoms with E-state index in [0.717, 1.165) is 22.6 Å². The van der Waals surface area contributed by atoms with Crippen LogP contribution in [0.4, 0.5) is 5.69 Å². The first kappa shape index (κ1) is 14.3. The Kier molecular flexibility index (Phi) is 4.24. The summed E-state index contributed by atoms with van der Waals surface area (Å²) < 4.78 is 5.33. The van der Waals surface area contributed by atoms with Gasteiger partial charge < -0.3 is 15.4 Å². The summed E-state index contributed by atoms with van der Waals surface area (Å²) >= 11 is 0. The van der Waals surface area contributed by atoms with Crippen LogP contribution < -0.4 is 20.7 Å². The molecule has 1 saturated heterocycles. The molecule has 0 aromatic heterocycles. The fourth-order valence-corrected chi connectivity index (χ4v) is 2.25. The topological polar surface area (TPSA) is 79.5 Å². The van der Waals surface area contributed by atoms with E-state index >= 15 is 0 Å². The number of ether oxygens (including phenoxy) is 1. The number of amides is 2. The Bertz CT molecular complexity index is 533. The molecule has 1 heterocycles. The van der Waals surface area contributed by atoms with Crippen molar-refractivity contribution in [2.45, 2.75) is 19.9 Å². The molecule has 1 aromatic carbocycles. The van der Waals surface area contributed by atoms with Gasteiger partial charge in [-0.1, -0.05) is 6.07 Å². The van der Waals surface area contributed by atoms with Crippen LogP contribution in [0.1, 0.15) is 11.1 Å². The molecule has 0 spiro atoms. The van der Waals surface area contributed by atoms with Crippen molar-refractivity contribution in [1.29, 1.82) is 0 Å². The van der Waals surface area contributed by atoms with Crippen molar-refractivity contribution in [3.05, 3.63) is 23.3 Å². The summed E-state index contributed by atoms with van der Waals surface area (Å²) in [5.41, 5.74) is 2.63. The van der Waals surface area contributed by atoms with E-state index in [1.165, 1.54) is 0 Å². The second kappa shape index (κ2) is 5.92. The zero-order valence-electron chi connectivity index (χ0n) is 11.9. The number of anilines is 1. The molecular formula is C14H19N3O3. The molecule has 1 unspecified atom stereocenters. The highest BCUT2D eigenvalue weighted by atomic mass is 16.5. The molecule has 2 amide bonds. The van der Waals surface area contributed by atoms with Gasteiger partial charge in [-0.3, -0.25) is 14.9 Å². The highest BCUT2D eigenvalue weighted by molar-refractivity contribution is 5.97. The minimum Gasteiger partial charge on any atom is -0.496 e. The van der Waals surface area contributed by atoms with Gasteiger partial charge in [-0.2, -0.15) is 0 Å². The van der Waals surface area contributed by atoms with Crippen LogP contribution in [0.25, 0.3) is 0 Å². The quantitative estimate of drug-likeness (QED) is 0.744. The first-order chi connectivity index (χ1) is 9.52. The van der Waals surface area contributed by atoms with E-state index < -0.39 is 6.04 Å². The number of hydrogen-bond acceptors (Lipinski definition) is 4. The van der Waals surface area contributed by atoms with Gasteiger partial charge in [0, 0.05) is 17.8 Å². The fourth-order valence-electron chi connectivity index (χ4n) is 2.25. The molecule has 2 rings (SSSR count). The van der Waals surface area contributed by atoms with Crippen molar-refractivity contribution in [2.24, 2.45) is 0 Å². The molecule has 0 aliphatic carbocycles. The molecule has 0 bridgehead atoms. The molecule has 108 valence electrons. The van der Waals surface area contributed by atoms with Gasteiger partial charge in [0.2, 0.25) is 11.8 Å². The van der Waals surface area contributed by atoms with Gasteiger partial charge in [-0.15, -0.1) is 0 Å². The van der Waals surface area contributed by atoms with Gasteiger partial charge in [0.1, 0.15) is 11.8 Å². The Morgan fingerprint density at radius 3 is 2.75 bits per heavy atom. The molecule has 6 nitrogen and oxygen atoms in total. The number of carbonyl (C=O) groups is 2. The van der Waals surface area contributed by atoms with Gasteiger partial charge in [-0.25, -0.2) is 0 Å². The van der Waals surface area contributed by atoms with Crippen LogP contribution in [0.3, 0.4) is 0 Å². The zero-order valence-corrected chi connectivity index (χ0v) is 11.9. The molecule has 0 saturated carbocycles. The predicted molar refractivity (Wildman–Crippen MR) is 75.9 cm³/mol. The zero-order chi connectivity index (χ0) is 14.7. The molecule has 1 fully saturated rings. The number of methoxy groups -OCH3 is 1. The second-order valence-corrected chi connectivity index (χ2v) is 4.82. The summed E-state index contributed by atoms with van der Waals surface area (Å²) in [5, 5.41) is 8.42. The third kappa shape index (κ3) is 2.91. The normalized spacial score (nSPS) is 18.4. The van der Waals surface area contributed by atoms with E-state index in [-0.39, 0.29) is 18.4 Å². The van der Waals surface area contributed by atoms with Crippen LogP contribution in [-0.4, -0.2) is 38.1 Å². The summed E-state index contributed by atoms with van der Waals surface area (Å²) in [7, 11) is 1.61. The average molecular weight is 277 g/mol. The van der Waals surface area contributed by atoms with Crippen LogP contribution in [0.2, 0.25) is 0 Å². The summed E-state index contributed by atoms with van der Waals surface area (Å²) in [6, 6.07) is 3.34. The lowest BCUT2D eigenvalue weighted by atomic mass is 10.1. The largest absolute Gasteiger partial charge is 0.496 e. The lowest BCUT2D eigenvalue weighted by Crippen LogP contribution is -2.56. The minimum absolute atomic E-state index is 0.0952. The highest BCUT2D eigenvalue weighted by Crippen LogP contribution is 2.29. The first-order valence-electron chi connectivity index (χ1n) is 6.48. The molecule has 1 aliphatic heterocycles.